The molecule has 0 amide bonds. The number of hydrogen-bond acceptors (Lipinski definition) is 5. The summed E-state index contributed by atoms with van der Waals surface area (Å²) in [7, 11) is 0. The van der Waals surface area contributed by atoms with E-state index in [0.717, 1.165) is 35.1 Å². The quantitative estimate of drug-likeness (QED) is 0.546. The molecule has 0 spiro atoms. The molecule has 0 unspecified atom stereocenters. The molecule has 3 aromatic heterocycles. The molecule has 1 aromatic carbocycles. The Morgan fingerprint density at radius 3 is 2.64 bits per heavy atom. The van der Waals surface area contributed by atoms with Crippen molar-refractivity contribution in [2.75, 3.05) is 5.32 Å². The summed E-state index contributed by atoms with van der Waals surface area (Å²) in [4.78, 5) is 0. The van der Waals surface area contributed by atoms with E-state index in [9.17, 15) is 0 Å². The molecule has 3 heterocycles. The van der Waals surface area contributed by atoms with Crippen molar-refractivity contribution in [2.24, 2.45) is 5.92 Å². The first-order valence-electron chi connectivity index (χ1n) is 9.79. The highest BCUT2D eigenvalue weighted by Crippen LogP contribution is 2.44. The van der Waals surface area contributed by atoms with Crippen LogP contribution in [0.5, 0.6) is 0 Å². The number of benzene rings is 1. The minimum Gasteiger partial charge on any atom is -0.336 e. The van der Waals surface area contributed by atoms with E-state index in [1.807, 2.05) is 48.7 Å². The molecule has 0 radical (unpaired) electrons. The summed E-state index contributed by atoms with van der Waals surface area (Å²) in [5.41, 5.74) is 4.05. The van der Waals surface area contributed by atoms with Crippen LogP contribution in [0.4, 0.5) is 11.5 Å². The van der Waals surface area contributed by atoms with E-state index in [4.69, 9.17) is 5.10 Å². The van der Waals surface area contributed by atoms with Gasteiger partial charge in [-0.2, -0.15) is 9.61 Å². The van der Waals surface area contributed by atoms with Crippen LogP contribution in [0.3, 0.4) is 0 Å². The van der Waals surface area contributed by atoms with E-state index in [1.54, 1.807) is 4.52 Å². The maximum absolute atomic E-state index is 4.74. The van der Waals surface area contributed by atoms with Crippen molar-refractivity contribution in [1.82, 2.24) is 29.6 Å². The third-order valence-corrected chi connectivity index (χ3v) is 4.94. The number of nitrogens with one attached hydrogen (secondary N) is 1. The monoisotopic (exact) mass is 373 g/mol. The molecule has 1 N–H and O–H groups in total. The first kappa shape index (κ1) is 16.9. The lowest BCUT2D eigenvalue weighted by atomic mass is 10.2. The lowest BCUT2D eigenvalue weighted by molar-refractivity contribution is 0.469. The predicted octanol–water partition coefficient (Wildman–Crippen LogP) is 4.26. The molecule has 1 saturated carbocycles. The molecule has 0 aliphatic heterocycles. The van der Waals surface area contributed by atoms with E-state index in [-0.39, 0.29) is 0 Å². The van der Waals surface area contributed by atoms with Crippen LogP contribution in [0, 0.1) is 5.92 Å². The summed E-state index contributed by atoms with van der Waals surface area (Å²) in [5.74, 6) is 2.65. The highest BCUT2D eigenvalue weighted by Gasteiger charge is 2.30. The van der Waals surface area contributed by atoms with Crippen LogP contribution in [0.2, 0.25) is 0 Å². The predicted molar refractivity (Wildman–Crippen MR) is 109 cm³/mol. The molecular formula is C21H23N7. The third-order valence-electron chi connectivity index (χ3n) is 4.94. The van der Waals surface area contributed by atoms with Gasteiger partial charge in [0.25, 0.3) is 0 Å². The van der Waals surface area contributed by atoms with E-state index < -0.39 is 0 Å². The Kier molecular flexibility index (Phi) is 4.07. The molecule has 28 heavy (non-hydrogen) atoms. The molecule has 1 aliphatic carbocycles. The fraction of sp³-hybridized carbons (Fsp3) is 0.333. The number of hydrogen-bond donors (Lipinski definition) is 1. The fourth-order valence-electron chi connectivity index (χ4n) is 3.53. The molecule has 7 heteroatoms. The van der Waals surface area contributed by atoms with Gasteiger partial charge in [-0.3, -0.25) is 4.68 Å². The Morgan fingerprint density at radius 1 is 1.07 bits per heavy atom. The van der Waals surface area contributed by atoms with Crippen molar-refractivity contribution in [3.05, 3.63) is 54.4 Å². The number of rotatable bonds is 6. The van der Waals surface area contributed by atoms with E-state index >= 15 is 0 Å². The molecule has 142 valence electrons. The Hall–Kier alpha value is -3.22. The van der Waals surface area contributed by atoms with Crippen molar-refractivity contribution in [3.8, 4) is 11.4 Å². The second-order valence-corrected chi connectivity index (χ2v) is 7.80. The lowest BCUT2D eigenvalue weighted by Crippen LogP contribution is -2.10. The van der Waals surface area contributed by atoms with Gasteiger partial charge in [0.15, 0.2) is 17.3 Å². The van der Waals surface area contributed by atoms with Gasteiger partial charge in [-0.25, -0.2) is 0 Å². The van der Waals surface area contributed by atoms with Gasteiger partial charge < -0.3 is 5.32 Å². The van der Waals surface area contributed by atoms with Gasteiger partial charge in [0.2, 0.25) is 0 Å². The summed E-state index contributed by atoms with van der Waals surface area (Å²) in [6.07, 6.45) is 4.38. The molecule has 1 fully saturated rings. The van der Waals surface area contributed by atoms with Crippen LogP contribution < -0.4 is 5.32 Å². The smallest absolute Gasteiger partial charge is 0.185 e. The lowest BCUT2D eigenvalue weighted by Gasteiger charge is -2.12. The van der Waals surface area contributed by atoms with Crippen LogP contribution in [0.1, 0.15) is 38.3 Å². The van der Waals surface area contributed by atoms with Crippen LogP contribution in [0.15, 0.2) is 48.7 Å². The average molecular weight is 373 g/mol. The normalized spacial score (nSPS) is 14.1. The van der Waals surface area contributed by atoms with Gasteiger partial charge in [0.05, 0.1) is 17.6 Å². The maximum atomic E-state index is 4.74. The van der Waals surface area contributed by atoms with Gasteiger partial charge in [0.1, 0.15) is 0 Å². The summed E-state index contributed by atoms with van der Waals surface area (Å²) < 4.78 is 3.93. The van der Waals surface area contributed by atoms with E-state index in [0.29, 0.717) is 11.8 Å². The topological polar surface area (TPSA) is 72.9 Å². The van der Waals surface area contributed by atoms with Gasteiger partial charge in [-0.1, -0.05) is 44.2 Å². The number of nitrogens with zero attached hydrogens (tertiary/aromatic N) is 6. The second-order valence-electron chi connectivity index (χ2n) is 7.80. The Morgan fingerprint density at radius 2 is 1.89 bits per heavy atom. The molecule has 4 aromatic rings. The van der Waals surface area contributed by atoms with Crippen molar-refractivity contribution < 1.29 is 0 Å². The maximum Gasteiger partial charge on any atom is 0.185 e. The van der Waals surface area contributed by atoms with Crippen LogP contribution in [-0.2, 0) is 6.54 Å². The van der Waals surface area contributed by atoms with Gasteiger partial charge >= 0.3 is 0 Å². The minimum atomic E-state index is 0.560. The van der Waals surface area contributed by atoms with Gasteiger partial charge in [-0.05, 0) is 30.9 Å². The highest BCUT2D eigenvalue weighted by atomic mass is 15.4. The zero-order valence-electron chi connectivity index (χ0n) is 16.1. The summed E-state index contributed by atoms with van der Waals surface area (Å²) in [6.45, 7) is 5.37. The number of fused-ring (bicyclic) bond motifs is 1. The first-order valence-corrected chi connectivity index (χ1v) is 9.79. The van der Waals surface area contributed by atoms with Gasteiger partial charge in [-0.15, -0.1) is 15.3 Å². The molecule has 0 saturated heterocycles. The van der Waals surface area contributed by atoms with Crippen LogP contribution in [0.25, 0.3) is 17.0 Å². The molecule has 1 aliphatic rings. The third kappa shape index (κ3) is 3.13. The SMILES string of the molecule is CC(C)Cn1ncc(Nc2ccc3nnc(-c4ccccc4)n3n2)c1C1CC1. The largest absolute Gasteiger partial charge is 0.336 e. The second kappa shape index (κ2) is 6.74. The standard InChI is InChI=1S/C21H23N7/c1-14(2)13-27-20(15-8-9-15)17(12-22-27)23-18-10-11-19-24-25-21(28(19)26-18)16-6-4-3-5-7-16/h3-7,10-12,14-15H,8-9,13H2,1-2H3,(H,23,26). The summed E-state index contributed by atoms with van der Waals surface area (Å²) in [6, 6.07) is 13.9. The molecule has 5 rings (SSSR count). The number of aromatic nitrogens is 6. The van der Waals surface area contributed by atoms with Crippen molar-refractivity contribution >= 4 is 17.2 Å². The van der Waals surface area contributed by atoms with Crippen LogP contribution in [-0.4, -0.2) is 29.6 Å². The molecule has 7 nitrogen and oxygen atoms in total. The molecule has 0 atom stereocenters. The van der Waals surface area contributed by atoms with Crippen molar-refractivity contribution in [1.29, 1.82) is 0 Å². The summed E-state index contributed by atoms with van der Waals surface area (Å²) >= 11 is 0. The van der Waals surface area contributed by atoms with Gasteiger partial charge in [0, 0.05) is 18.0 Å². The van der Waals surface area contributed by atoms with Crippen molar-refractivity contribution in [3.63, 3.8) is 0 Å². The zero-order chi connectivity index (χ0) is 19.1. The fourth-order valence-corrected chi connectivity index (χ4v) is 3.53. The van der Waals surface area contributed by atoms with Crippen molar-refractivity contribution in [2.45, 2.75) is 39.2 Å². The number of anilines is 2. The van der Waals surface area contributed by atoms with E-state index in [1.165, 1.54) is 18.5 Å². The average Bonchev–Trinajstić information content (AvgIpc) is 3.33. The minimum absolute atomic E-state index is 0.560. The molecular weight excluding hydrogens is 350 g/mol. The summed E-state index contributed by atoms with van der Waals surface area (Å²) in [5, 5.41) is 21.4. The molecule has 0 bridgehead atoms. The Balaban J connectivity index is 1.50. The zero-order valence-corrected chi connectivity index (χ0v) is 16.1. The highest BCUT2D eigenvalue weighted by molar-refractivity contribution is 5.63. The Bertz CT molecular complexity index is 1110. The Labute approximate surface area is 163 Å². The first-order chi connectivity index (χ1) is 13.7. The van der Waals surface area contributed by atoms with E-state index in [2.05, 4.69) is 39.1 Å². The van der Waals surface area contributed by atoms with Crippen LogP contribution >= 0.6 is 0 Å².